The first-order valence-corrected chi connectivity index (χ1v) is 8.95. The Hall–Kier alpha value is -0.890. The summed E-state index contributed by atoms with van der Waals surface area (Å²) in [5, 5.41) is 12.3. The predicted octanol–water partition coefficient (Wildman–Crippen LogP) is 1.08. The summed E-state index contributed by atoms with van der Waals surface area (Å²) < 4.78 is 32.3. The predicted molar refractivity (Wildman–Crippen MR) is 79.2 cm³/mol. The van der Waals surface area contributed by atoms with Crippen molar-refractivity contribution in [3.63, 3.8) is 0 Å². The van der Waals surface area contributed by atoms with Crippen LogP contribution in [0.4, 0.5) is 0 Å². The number of aliphatic hydroxyl groups is 1. The van der Waals surface area contributed by atoms with Crippen molar-refractivity contribution >= 4 is 10.0 Å². The Morgan fingerprint density at radius 2 is 2.10 bits per heavy atom. The van der Waals surface area contributed by atoms with Gasteiger partial charge in [-0.1, -0.05) is 13.3 Å². The van der Waals surface area contributed by atoms with Gasteiger partial charge < -0.3 is 14.8 Å². The molecule has 0 aromatic carbocycles. The summed E-state index contributed by atoms with van der Waals surface area (Å²) in [7, 11) is -3.61. The molecule has 120 valence electrons. The Morgan fingerprint density at radius 1 is 1.33 bits per heavy atom. The van der Waals surface area contributed by atoms with Crippen LogP contribution in [0.15, 0.2) is 21.6 Å². The van der Waals surface area contributed by atoms with Crippen molar-refractivity contribution in [2.45, 2.75) is 37.8 Å². The van der Waals surface area contributed by atoms with E-state index in [0.717, 1.165) is 25.8 Å². The highest BCUT2D eigenvalue weighted by Crippen LogP contribution is 2.31. The van der Waals surface area contributed by atoms with Gasteiger partial charge in [0.15, 0.2) is 0 Å². The summed E-state index contributed by atoms with van der Waals surface area (Å²) >= 11 is 0. The average molecular weight is 316 g/mol. The minimum Gasteiger partial charge on any atom is -0.447 e. The average Bonchev–Trinajstić information content (AvgIpc) is 3.12. The van der Waals surface area contributed by atoms with Crippen LogP contribution in [0.2, 0.25) is 0 Å². The molecule has 2 atom stereocenters. The fourth-order valence-corrected chi connectivity index (χ4v) is 3.80. The molecule has 1 heterocycles. The second-order valence-electron chi connectivity index (χ2n) is 5.49. The van der Waals surface area contributed by atoms with Crippen LogP contribution in [0, 0.1) is 11.8 Å². The van der Waals surface area contributed by atoms with Crippen LogP contribution in [0.3, 0.4) is 0 Å². The van der Waals surface area contributed by atoms with Gasteiger partial charge in [0.2, 0.25) is 5.09 Å². The molecule has 0 amide bonds. The largest absolute Gasteiger partial charge is 0.447 e. The van der Waals surface area contributed by atoms with Crippen LogP contribution in [0.1, 0.15) is 31.9 Å². The van der Waals surface area contributed by atoms with Gasteiger partial charge in [-0.25, -0.2) is 13.1 Å². The number of hydrogen-bond acceptors (Lipinski definition) is 5. The number of aliphatic hydroxyl groups excluding tert-OH is 1. The van der Waals surface area contributed by atoms with Gasteiger partial charge in [-0.05, 0) is 43.4 Å². The first-order chi connectivity index (χ1) is 10.1. The van der Waals surface area contributed by atoms with Crippen LogP contribution < -0.4 is 10.0 Å². The molecule has 0 saturated heterocycles. The lowest BCUT2D eigenvalue weighted by atomic mass is 9.97. The molecule has 21 heavy (non-hydrogen) atoms. The van der Waals surface area contributed by atoms with Crippen LogP contribution in [-0.4, -0.2) is 33.2 Å². The normalized spacial score (nSPS) is 22.8. The zero-order valence-electron chi connectivity index (χ0n) is 12.3. The Bertz CT molecular complexity index is 541. The number of sulfonamides is 1. The molecule has 0 bridgehead atoms. The maximum Gasteiger partial charge on any atom is 0.273 e. The number of hydrogen-bond donors (Lipinski definition) is 3. The highest BCUT2D eigenvalue weighted by atomic mass is 32.2. The molecule has 7 heteroatoms. The van der Waals surface area contributed by atoms with E-state index in [1.165, 1.54) is 6.07 Å². The van der Waals surface area contributed by atoms with Crippen molar-refractivity contribution in [1.29, 1.82) is 0 Å². The maximum absolute atomic E-state index is 12.2. The van der Waals surface area contributed by atoms with E-state index in [0.29, 0.717) is 18.8 Å². The summed E-state index contributed by atoms with van der Waals surface area (Å²) in [6, 6.07) is 3.15. The van der Waals surface area contributed by atoms with E-state index >= 15 is 0 Å². The molecule has 6 nitrogen and oxygen atoms in total. The van der Waals surface area contributed by atoms with E-state index in [4.69, 9.17) is 4.42 Å². The lowest BCUT2D eigenvalue weighted by Crippen LogP contribution is -2.31. The molecule has 1 aliphatic carbocycles. The van der Waals surface area contributed by atoms with E-state index in [2.05, 4.69) is 10.0 Å². The van der Waals surface area contributed by atoms with Gasteiger partial charge in [-0.15, -0.1) is 0 Å². The number of nitrogens with one attached hydrogen (secondary N) is 2. The fourth-order valence-electron chi connectivity index (χ4n) is 2.76. The zero-order chi connectivity index (χ0) is 15.3. The summed E-state index contributed by atoms with van der Waals surface area (Å²) in [5.74, 6) is 1.01. The van der Waals surface area contributed by atoms with Crippen molar-refractivity contribution in [2.75, 3.05) is 19.7 Å². The minimum atomic E-state index is -3.61. The molecule has 1 aromatic heterocycles. The lowest BCUT2D eigenvalue weighted by molar-refractivity contribution is 0.195. The first kappa shape index (κ1) is 16.5. The van der Waals surface area contributed by atoms with E-state index in [-0.39, 0.29) is 23.5 Å². The molecule has 2 unspecified atom stereocenters. The molecule has 1 aliphatic rings. The van der Waals surface area contributed by atoms with Crippen LogP contribution >= 0.6 is 0 Å². The van der Waals surface area contributed by atoms with E-state index in [1.807, 2.05) is 6.92 Å². The van der Waals surface area contributed by atoms with Crippen molar-refractivity contribution in [1.82, 2.24) is 10.0 Å². The van der Waals surface area contributed by atoms with Gasteiger partial charge in [0.25, 0.3) is 10.0 Å². The Kier molecular flexibility index (Phi) is 5.80. The van der Waals surface area contributed by atoms with Gasteiger partial charge >= 0.3 is 0 Å². The SMILES string of the molecule is CCNCc1ccc(S(=O)(=O)NCC2CCCC2CO)o1. The minimum absolute atomic E-state index is 0.0473. The topological polar surface area (TPSA) is 91.6 Å². The second kappa shape index (κ2) is 7.40. The fraction of sp³-hybridized carbons (Fsp3) is 0.714. The summed E-state index contributed by atoms with van der Waals surface area (Å²) in [6.07, 6.45) is 2.97. The molecule has 3 N–H and O–H groups in total. The van der Waals surface area contributed by atoms with Gasteiger partial charge in [-0.3, -0.25) is 0 Å². The van der Waals surface area contributed by atoms with Crippen LogP contribution in [0.5, 0.6) is 0 Å². The third-order valence-electron chi connectivity index (χ3n) is 4.04. The quantitative estimate of drug-likeness (QED) is 0.667. The molecule has 0 aliphatic heterocycles. The van der Waals surface area contributed by atoms with E-state index < -0.39 is 10.0 Å². The van der Waals surface area contributed by atoms with Crippen molar-refractivity contribution in [3.05, 3.63) is 17.9 Å². The highest BCUT2D eigenvalue weighted by molar-refractivity contribution is 7.89. The molecule has 1 aromatic rings. The van der Waals surface area contributed by atoms with Gasteiger partial charge in [0, 0.05) is 13.2 Å². The lowest BCUT2D eigenvalue weighted by Gasteiger charge is -2.17. The third-order valence-corrected chi connectivity index (χ3v) is 5.33. The molecule has 2 rings (SSSR count). The monoisotopic (exact) mass is 316 g/mol. The summed E-state index contributed by atoms with van der Waals surface area (Å²) in [4.78, 5) is 0. The standard InChI is InChI=1S/C14H24N2O4S/c1-2-15-9-13-6-7-14(20-13)21(18,19)16-8-11-4-3-5-12(11)10-17/h6-7,11-12,15-17H,2-5,8-10H2,1H3. The van der Waals surface area contributed by atoms with E-state index in [1.54, 1.807) is 6.07 Å². The van der Waals surface area contributed by atoms with Crippen LogP contribution in [0.25, 0.3) is 0 Å². The number of rotatable bonds is 8. The zero-order valence-corrected chi connectivity index (χ0v) is 13.2. The highest BCUT2D eigenvalue weighted by Gasteiger charge is 2.28. The third kappa shape index (κ3) is 4.29. The van der Waals surface area contributed by atoms with Crippen LogP contribution in [-0.2, 0) is 16.6 Å². The Balaban J connectivity index is 1.93. The molecular weight excluding hydrogens is 292 g/mol. The van der Waals surface area contributed by atoms with Gasteiger partial charge in [0.1, 0.15) is 5.76 Å². The smallest absolute Gasteiger partial charge is 0.273 e. The van der Waals surface area contributed by atoms with Crippen molar-refractivity contribution in [2.24, 2.45) is 11.8 Å². The Labute approximate surface area is 126 Å². The summed E-state index contributed by atoms with van der Waals surface area (Å²) in [5.41, 5.74) is 0. The summed E-state index contributed by atoms with van der Waals surface area (Å²) in [6.45, 7) is 3.77. The molecular formula is C14H24N2O4S. The molecule has 0 radical (unpaired) electrons. The van der Waals surface area contributed by atoms with Gasteiger partial charge in [-0.2, -0.15) is 0 Å². The van der Waals surface area contributed by atoms with Crippen molar-refractivity contribution < 1.29 is 17.9 Å². The number of furan rings is 1. The molecule has 1 fully saturated rings. The maximum atomic E-state index is 12.2. The first-order valence-electron chi connectivity index (χ1n) is 7.46. The molecule has 1 saturated carbocycles. The molecule has 0 spiro atoms. The van der Waals surface area contributed by atoms with E-state index in [9.17, 15) is 13.5 Å². The van der Waals surface area contributed by atoms with Crippen molar-refractivity contribution in [3.8, 4) is 0 Å². The van der Waals surface area contributed by atoms with Gasteiger partial charge in [0.05, 0.1) is 6.54 Å². The second-order valence-corrected chi connectivity index (χ2v) is 7.18. The Morgan fingerprint density at radius 3 is 2.81 bits per heavy atom.